The number of hydrazine groups is 1. The number of carbonyl (C=O) groups excluding carboxylic acids is 1. The Bertz CT molecular complexity index is 264. The van der Waals surface area contributed by atoms with Gasteiger partial charge in [-0.1, -0.05) is 12.0 Å². The van der Waals surface area contributed by atoms with Crippen molar-refractivity contribution in [2.75, 3.05) is 5.73 Å². The summed E-state index contributed by atoms with van der Waals surface area (Å²) >= 11 is 0. The van der Waals surface area contributed by atoms with Crippen LogP contribution in [0.3, 0.4) is 0 Å². The lowest BCUT2D eigenvalue weighted by molar-refractivity contribution is 0.249. The van der Waals surface area contributed by atoms with Gasteiger partial charge in [0.1, 0.15) is 0 Å². The van der Waals surface area contributed by atoms with Gasteiger partial charge in [-0.3, -0.25) is 5.43 Å². The molecule has 1 aromatic heterocycles. The lowest BCUT2D eigenvalue weighted by Gasteiger charge is -1.81. The van der Waals surface area contributed by atoms with E-state index in [-0.39, 0.29) is 18.4 Å². The third-order valence-electron chi connectivity index (χ3n) is 0.927. The number of hydrogen-bond acceptors (Lipinski definition) is 6. The highest BCUT2D eigenvalue weighted by Gasteiger charge is 1.95. The Hall–Kier alpha value is -1.54. The molecule has 9 heteroatoms. The predicted octanol–water partition coefficient (Wildman–Crippen LogP) is -0.836. The number of aryl methyl sites for hydroxylation is 1. The maximum atomic E-state index is 9.35. The summed E-state index contributed by atoms with van der Waals surface area (Å²) in [6.07, 6.45) is 0.740. The number of nitrogen functional groups attached to an aromatic ring is 1. The molecule has 0 aromatic carbocycles. The lowest BCUT2D eigenvalue weighted by Crippen LogP contribution is -2.34. The standard InChI is InChI=1S/C4H7N3O.CH5N3O.ClH/c1-2-3-6-7-4(5)8-3;2-1(5)4-3;/h2H2,1H3,(H2,5,7);3H2,(H3,2,4,5);1H. The van der Waals surface area contributed by atoms with Gasteiger partial charge in [-0.25, -0.2) is 10.6 Å². The van der Waals surface area contributed by atoms with E-state index in [4.69, 9.17) is 10.2 Å². The van der Waals surface area contributed by atoms with Crippen LogP contribution in [-0.4, -0.2) is 16.2 Å². The van der Waals surface area contributed by atoms with Crippen LogP contribution in [0.1, 0.15) is 12.8 Å². The van der Waals surface area contributed by atoms with E-state index in [1.165, 1.54) is 0 Å². The fourth-order valence-electron chi connectivity index (χ4n) is 0.409. The zero-order valence-corrected chi connectivity index (χ0v) is 8.37. The second kappa shape index (κ2) is 8.08. The van der Waals surface area contributed by atoms with Gasteiger partial charge in [-0.2, -0.15) is 0 Å². The molecule has 0 aliphatic heterocycles. The van der Waals surface area contributed by atoms with Crippen molar-refractivity contribution in [3.05, 3.63) is 5.89 Å². The molecule has 1 aromatic rings. The summed E-state index contributed by atoms with van der Waals surface area (Å²) in [4.78, 5) is 9.35. The van der Waals surface area contributed by atoms with Crippen molar-refractivity contribution in [2.24, 2.45) is 11.6 Å². The molecule has 0 fully saturated rings. The molecule has 7 N–H and O–H groups in total. The second-order valence-electron chi connectivity index (χ2n) is 1.90. The Morgan fingerprint density at radius 2 is 2.07 bits per heavy atom. The molecule has 0 bridgehead atoms. The largest absolute Gasteiger partial charge is 0.408 e. The predicted molar refractivity (Wildman–Crippen MR) is 52.2 cm³/mol. The molecular formula is C5H13ClN6O2. The summed E-state index contributed by atoms with van der Waals surface area (Å²) in [7, 11) is 0. The van der Waals surface area contributed by atoms with E-state index in [2.05, 4.69) is 21.8 Å². The summed E-state index contributed by atoms with van der Waals surface area (Å²) in [5, 5.41) is 7.04. The molecule has 0 aliphatic rings. The van der Waals surface area contributed by atoms with Crippen LogP contribution in [-0.2, 0) is 6.42 Å². The third kappa shape index (κ3) is 7.13. The normalized spacial score (nSPS) is 7.86. The van der Waals surface area contributed by atoms with Gasteiger partial charge in [0.25, 0.3) is 0 Å². The van der Waals surface area contributed by atoms with Crippen LogP contribution in [0.25, 0.3) is 0 Å². The highest BCUT2D eigenvalue weighted by molar-refractivity contribution is 5.85. The molecule has 1 rings (SSSR count). The highest BCUT2D eigenvalue weighted by atomic mass is 35.5. The third-order valence-corrected chi connectivity index (χ3v) is 0.927. The topological polar surface area (TPSA) is 146 Å². The number of carbonyl (C=O) groups is 1. The van der Waals surface area contributed by atoms with Crippen LogP contribution in [0.4, 0.5) is 10.8 Å². The van der Waals surface area contributed by atoms with Crippen molar-refractivity contribution >= 4 is 24.5 Å². The van der Waals surface area contributed by atoms with Gasteiger partial charge >= 0.3 is 12.0 Å². The molecule has 14 heavy (non-hydrogen) atoms. The summed E-state index contributed by atoms with van der Waals surface area (Å²) in [5.41, 5.74) is 11.2. The number of hydrogen-bond donors (Lipinski definition) is 4. The number of anilines is 1. The number of rotatable bonds is 1. The first kappa shape index (κ1) is 15.0. The number of nitrogens with zero attached hydrogens (tertiary/aromatic N) is 2. The van der Waals surface area contributed by atoms with Crippen LogP contribution in [0, 0.1) is 0 Å². The van der Waals surface area contributed by atoms with Crippen molar-refractivity contribution in [3.63, 3.8) is 0 Å². The SMILES string of the molecule is CCc1nnc(N)o1.Cl.NNC(N)=O. The Balaban J connectivity index is 0. The average Bonchev–Trinajstić information content (AvgIpc) is 2.52. The number of urea groups is 1. The van der Waals surface area contributed by atoms with Crippen molar-refractivity contribution in [1.29, 1.82) is 0 Å². The number of halogens is 1. The molecule has 0 saturated carbocycles. The van der Waals surface area contributed by atoms with Crippen molar-refractivity contribution in [3.8, 4) is 0 Å². The first-order chi connectivity index (χ1) is 6.10. The highest BCUT2D eigenvalue weighted by Crippen LogP contribution is 1.98. The van der Waals surface area contributed by atoms with E-state index in [1.54, 1.807) is 5.43 Å². The van der Waals surface area contributed by atoms with Crippen molar-refractivity contribution < 1.29 is 9.21 Å². The van der Waals surface area contributed by atoms with Crippen molar-refractivity contribution in [2.45, 2.75) is 13.3 Å². The van der Waals surface area contributed by atoms with E-state index in [1.807, 2.05) is 6.92 Å². The van der Waals surface area contributed by atoms with Gasteiger partial charge in [-0.15, -0.1) is 17.5 Å². The van der Waals surface area contributed by atoms with Gasteiger partial charge in [-0.05, 0) is 0 Å². The summed E-state index contributed by atoms with van der Waals surface area (Å²) in [5.74, 6) is 5.03. The van der Waals surface area contributed by atoms with Crippen LogP contribution in [0.2, 0.25) is 0 Å². The Kier molecular flexibility index (Phi) is 8.63. The number of nitrogens with two attached hydrogens (primary N) is 3. The second-order valence-corrected chi connectivity index (χ2v) is 1.90. The molecule has 0 atom stereocenters. The first-order valence-electron chi connectivity index (χ1n) is 3.44. The fraction of sp³-hybridized carbons (Fsp3) is 0.400. The maximum Gasteiger partial charge on any atom is 0.326 e. The summed E-state index contributed by atoms with van der Waals surface area (Å²) in [6.45, 7) is 1.92. The zero-order valence-electron chi connectivity index (χ0n) is 7.56. The minimum absolute atomic E-state index is 0. The minimum Gasteiger partial charge on any atom is -0.408 e. The van der Waals surface area contributed by atoms with E-state index in [9.17, 15) is 4.79 Å². The molecule has 0 radical (unpaired) electrons. The monoisotopic (exact) mass is 224 g/mol. The number of amides is 2. The molecule has 2 amide bonds. The van der Waals surface area contributed by atoms with E-state index in [0.717, 1.165) is 6.42 Å². The molecule has 0 spiro atoms. The van der Waals surface area contributed by atoms with Crippen LogP contribution >= 0.6 is 12.4 Å². The molecular weight excluding hydrogens is 212 g/mol. The Labute approximate surface area is 86.6 Å². The molecule has 82 valence electrons. The van der Waals surface area contributed by atoms with Gasteiger partial charge in [0.2, 0.25) is 5.89 Å². The van der Waals surface area contributed by atoms with Crippen LogP contribution in [0.5, 0.6) is 0 Å². The van der Waals surface area contributed by atoms with Crippen LogP contribution in [0.15, 0.2) is 4.42 Å². The molecule has 0 unspecified atom stereocenters. The first-order valence-corrected chi connectivity index (χ1v) is 3.44. The Morgan fingerprint density at radius 1 is 1.57 bits per heavy atom. The quantitative estimate of drug-likeness (QED) is 0.278. The van der Waals surface area contributed by atoms with E-state index in [0.29, 0.717) is 5.89 Å². The Morgan fingerprint density at radius 3 is 2.21 bits per heavy atom. The van der Waals surface area contributed by atoms with Gasteiger partial charge < -0.3 is 15.9 Å². The zero-order chi connectivity index (χ0) is 10.3. The molecule has 8 nitrogen and oxygen atoms in total. The molecule has 0 saturated heterocycles. The smallest absolute Gasteiger partial charge is 0.326 e. The molecule has 1 heterocycles. The number of primary amides is 1. The van der Waals surface area contributed by atoms with Crippen LogP contribution < -0.4 is 22.7 Å². The van der Waals surface area contributed by atoms with Gasteiger partial charge in [0.15, 0.2) is 0 Å². The average molecular weight is 225 g/mol. The summed E-state index contributed by atoms with van der Waals surface area (Å²) < 4.78 is 4.79. The van der Waals surface area contributed by atoms with Gasteiger partial charge in [0.05, 0.1) is 0 Å². The maximum absolute atomic E-state index is 9.35. The summed E-state index contributed by atoms with van der Waals surface area (Å²) in [6, 6.07) is -0.577. The number of nitrogens with one attached hydrogen (secondary N) is 1. The van der Waals surface area contributed by atoms with E-state index < -0.39 is 6.03 Å². The minimum atomic E-state index is -0.718. The van der Waals surface area contributed by atoms with Crippen molar-refractivity contribution in [1.82, 2.24) is 15.6 Å². The lowest BCUT2D eigenvalue weighted by atomic mass is 10.5. The molecule has 0 aliphatic carbocycles. The van der Waals surface area contributed by atoms with E-state index >= 15 is 0 Å². The fourth-order valence-corrected chi connectivity index (χ4v) is 0.409. The van der Waals surface area contributed by atoms with Gasteiger partial charge in [0, 0.05) is 6.42 Å². The number of aromatic nitrogens is 2.